The Morgan fingerprint density at radius 1 is 1.33 bits per heavy atom. The van der Waals surface area contributed by atoms with E-state index in [1.807, 2.05) is 0 Å². The average molecular weight is 214 g/mol. The highest BCUT2D eigenvalue weighted by Crippen LogP contribution is 2.02. The molecule has 0 amide bonds. The van der Waals surface area contributed by atoms with Crippen LogP contribution in [0.1, 0.15) is 39.5 Å². The van der Waals surface area contributed by atoms with Crippen LogP contribution in [0.2, 0.25) is 0 Å². The highest BCUT2D eigenvalue weighted by molar-refractivity contribution is 5.85. The zero-order valence-electron chi connectivity index (χ0n) is 9.28. The van der Waals surface area contributed by atoms with Crippen molar-refractivity contribution in [3.05, 3.63) is 11.6 Å². The van der Waals surface area contributed by atoms with Gasteiger partial charge in [0.15, 0.2) is 0 Å². The first-order valence-corrected chi connectivity index (χ1v) is 5.13. The second-order valence-corrected chi connectivity index (χ2v) is 3.26. The predicted molar refractivity (Wildman–Crippen MR) is 56.5 cm³/mol. The van der Waals surface area contributed by atoms with Crippen molar-refractivity contribution in [3.8, 4) is 0 Å². The maximum absolute atomic E-state index is 10.7. The molecule has 4 heteroatoms. The molecule has 0 saturated carbocycles. The molecule has 86 valence electrons. The SMILES string of the molecule is CCC(=O)OCCCCC=C(C)C(=O)O. The normalized spacial score (nSPS) is 11.2. The zero-order valence-corrected chi connectivity index (χ0v) is 9.28. The smallest absolute Gasteiger partial charge is 0.330 e. The van der Waals surface area contributed by atoms with Crippen LogP contribution in [0.15, 0.2) is 11.6 Å². The minimum Gasteiger partial charge on any atom is -0.478 e. The maximum Gasteiger partial charge on any atom is 0.330 e. The van der Waals surface area contributed by atoms with Gasteiger partial charge in [-0.2, -0.15) is 0 Å². The molecule has 0 rings (SSSR count). The van der Waals surface area contributed by atoms with E-state index in [2.05, 4.69) is 0 Å². The van der Waals surface area contributed by atoms with Crippen molar-refractivity contribution in [2.24, 2.45) is 0 Å². The van der Waals surface area contributed by atoms with Crippen LogP contribution in [0.5, 0.6) is 0 Å². The quantitative estimate of drug-likeness (QED) is 0.400. The van der Waals surface area contributed by atoms with Crippen LogP contribution in [-0.2, 0) is 14.3 Å². The molecule has 0 aromatic heterocycles. The molecule has 0 unspecified atom stereocenters. The first kappa shape index (κ1) is 13.7. The van der Waals surface area contributed by atoms with Crippen LogP contribution < -0.4 is 0 Å². The number of rotatable bonds is 7. The second-order valence-electron chi connectivity index (χ2n) is 3.26. The van der Waals surface area contributed by atoms with Gasteiger partial charge in [0.05, 0.1) is 6.61 Å². The van der Waals surface area contributed by atoms with E-state index in [1.165, 1.54) is 0 Å². The van der Waals surface area contributed by atoms with Crippen LogP contribution >= 0.6 is 0 Å². The number of carboxylic acid groups (broad SMARTS) is 1. The fourth-order valence-electron chi connectivity index (χ4n) is 0.940. The van der Waals surface area contributed by atoms with Gasteiger partial charge in [0.25, 0.3) is 0 Å². The molecule has 1 N–H and O–H groups in total. The van der Waals surface area contributed by atoms with E-state index >= 15 is 0 Å². The third-order valence-electron chi connectivity index (χ3n) is 1.94. The summed E-state index contributed by atoms with van der Waals surface area (Å²) in [5.74, 6) is -1.07. The van der Waals surface area contributed by atoms with Crippen LogP contribution in [0.3, 0.4) is 0 Å². The largest absolute Gasteiger partial charge is 0.478 e. The molecule has 0 atom stereocenters. The van der Waals surface area contributed by atoms with Crippen molar-refractivity contribution in [2.75, 3.05) is 6.61 Å². The Morgan fingerprint density at radius 3 is 2.53 bits per heavy atom. The van der Waals surface area contributed by atoms with Crippen molar-refractivity contribution in [1.29, 1.82) is 0 Å². The van der Waals surface area contributed by atoms with Gasteiger partial charge in [-0.15, -0.1) is 0 Å². The van der Waals surface area contributed by atoms with Crippen molar-refractivity contribution in [2.45, 2.75) is 39.5 Å². The maximum atomic E-state index is 10.7. The summed E-state index contributed by atoms with van der Waals surface area (Å²) in [7, 11) is 0. The third-order valence-corrected chi connectivity index (χ3v) is 1.94. The topological polar surface area (TPSA) is 63.6 Å². The zero-order chi connectivity index (χ0) is 11.7. The molecule has 0 heterocycles. The number of allylic oxidation sites excluding steroid dienone is 1. The van der Waals surface area contributed by atoms with Crippen LogP contribution in [-0.4, -0.2) is 23.7 Å². The molecule has 0 aliphatic heterocycles. The van der Waals surface area contributed by atoms with Gasteiger partial charge in [-0.25, -0.2) is 4.79 Å². The van der Waals surface area contributed by atoms with Gasteiger partial charge < -0.3 is 9.84 Å². The molecule has 0 aliphatic carbocycles. The van der Waals surface area contributed by atoms with E-state index in [4.69, 9.17) is 9.84 Å². The molecule has 4 nitrogen and oxygen atoms in total. The molecule has 0 radical (unpaired) electrons. The van der Waals surface area contributed by atoms with Gasteiger partial charge in [0.1, 0.15) is 0 Å². The number of ether oxygens (including phenoxy) is 1. The Hall–Kier alpha value is -1.32. The van der Waals surface area contributed by atoms with E-state index in [1.54, 1.807) is 19.9 Å². The van der Waals surface area contributed by atoms with E-state index in [-0.39, 0.29) is 5.97 Å². The van der Waals surface area contributed by atoms with Gasteiger partial charge in [-0.3, -0.25) is 4.79 Å². The number of unbranched alkanes of at least 4 members (excludes halogenated alkanes) is 2. The Balaban J connectivity index is 3.44. The summed E-state index contributed by atoms with van der Waals surface area (Å²) in [5, 5.41) is 8.55. The molecule has 0 saturated heterocycles. The fraction of sp³-hybridized carbons (Fsp3) is 0.636. The lowest BCUT2D eigenvalue weighted by atomic mass is 10.2. The molecular formula is C11H18O4. The van der Waals surface area contributed by atoms with E-state index in [0.29, 0.717) is 25.0 Å². The summed E-state index contributed by atoms with van der Waals surface area (Å²) in [5.41, 5.74) is 0.362. The summed E-state index contributed by atoms with van der Waals surface area (Å²) in [6.45, 7) is 3.74. The van der Waals surface area contributed by atoms with Gasteiger partial charge in [-0.05, 0) is 26.2 Å². The van der Waals surface area contributed by atoms with E-state index < -0.39 is 5.97 Å². The number of aliphatic carboxylic acids is 1. The Kier molecular flexibility index (Phi) is 7.32. The second kappa shape index (κ2) is 8.03. The molecular weight excluding hydrogens is 196 g/mol. The highest BCUT2D eigenvalue weighted by Gasteiger charge is 1.99. The third kappa shape index (κ3) is 7.73. The molecule has 0 aromatic rings. The minimum atomic E-state index is -0.882. The summed E-state index contributed by atoms with van der Waals surface area (Å²) in [6.07, 6.45) is 4.40. The molecule has 0 aliphatic rings. The monoisotopic (exact) mass is 214 g/mol. The van der Waals surface area contributed by atoms with E-state index in [0.717, 1.165) is 12.8 Å². The van der Waals surface area contributed by atoms with Crippen molar-refractivity contribution in [3.63, 3.8) is 0 Å². The van der Waals surface area contributed by atoms with Crippen LogP contribution in [0.25, 0.3) is 0 Å². The Bertz CT molecular complexity index is 243. The van der Waals surface area contributed by atoms with Crippen molar-refractivity contribution < 1.29 is 19.4 Å². The lowest BCUT2D eigenvalue weighted by Crippen LogP contribution is -2.03. The molecule has 0 aromatic carbocycles. The Labute approximate surface area is 89.9 Å². The summed E-state index contributed by atoms with van der Waals surface area (Å²) >= 11 is 0. The lowest BCUT2D eigenvalue weighted by molar-refractivity contribution is -0.143. The number of carbonyl (C=O) groups is 2. The average Bonchev–Trinajstić information content (AvgIpc) is 2.22. The Morgan fingerprint density at radius 2 is 2.00 bits per heavy atom. The first-order chi connectivity index (χ1) is 7.07. The fourth-order valence-corrected chi connectivity index (χ4v) is 0.940. The molecule has 0 spiro atoms. The van der Waals surface area contributed by atoms with Gasteiger partial charge in [0, 0.05) is 12.0 Å². The van der Waals surface area contributed by atoms with Crippen molar-refractivity contribution >= 4 is 11.9 Å². The van der Waals surface area contributed by atoms with Crippen LogP contribution in [0.4, 0.5) is 0 Å². The summed E-state index contributed by atoms with van der Waals surface area (Å²) in [6, 6.07) is 0. The van der Waals surface area contributed by atoms with Gasteiger partial charge in [0.2, 0.25) is 0 Å². The first-order valence-electron chi connectivity index (χ1n) is 5.13. The van der Waals surface area contributed by atoms with Crippen LogP contribution in [0, 0.1) is 0 Å². The highest BCUT2D eigenvalue weighted by atomic mass is 16.5. The van der Waals surface area contributed by atoms with E-state index in [9.17, 15) is 9.59 Å². The summed E-state index contributed by atoms with van der Waals surface area (Å²) in [4.78, 5) is 21.1. The van der Waals surface area contributed by atoms with Gasteiger partial charge >= 0.3 is 11.9 Å². The predicted octanol–water partition coefficient (Wildman–Crippen LogP) is 2.14. The number of hydrogen-bond donors (Lipinski definition) is 1. The minimum absolute atomic E-state index is 0.188. The standard InChI is InChI=1S/C11H18O4/c1-3-10(12)15-8-6-4-5-7-9(2)11(13)14/h7H,3-6,8H2,1-2H3,(H,13,14). The number of carboxylic acids is 1. The molecule has 0 fully saturated rings. The summed E-state index contributed by atoms with van der Waals surface area (Å²) < 4.78 is 4.87. The molecule has 15 heavy (non-hydrogen) atoms. The number of carbonyl (C=O) groups excluding carboxylic acids is 1. The molecule has 0 bridgehead atoms. The number of esters is 1. The lowest BCUT2D eigenvalue weighted by Gasteiger charge is -2.01. The number of hydrogen-bond acceptors (Lipinski definition) is 3. The van der Waals surface area contributed by atoms with Crippen molar-refractivity contribution in [1.82, 2.24) is 0 Å². The van der Waals surface area contributed by atoms with Gasteiger partial charge in [-0.1, -0.05) is 13.0 Å².